The van der Waals surface area contributed by atoms with Crippen molar-refractivity contribution < 1.29 is 5.11 Å². The molecule has 0 bridgehead atoms. The molecule has 0 unspecified atom stereocenters. The predicted molar refractivity (Wildman–Crippen MR) is 69.8 cm³/mol. The van der Waals surface area contributed by atoms with Crippen LogP contribution >= 0.6 is 0 Å². The zero-order valence-corrected chi connectivity index (χ0v) is 9.41. The fourth-order valence-corrected chi connectivity index (χ4v) is 1.82. The molecular formula is C13H8BN3O. The van der Waals surface area contributed by atoms with Gasteiger partial charge in [0.25, 0.3) is 0 Å². The minimum absolute atomic E-state index is 0.148. The summed E-state index contributed by atoms with van der Waals surface area (Å²) in [5.74, 6) is 0.148. The quantitative estimate of drug-likeness (QED) is 0.641. The number of rotatable bonds is 1. The van der Waals surface area contributed by atoms with E-state index >= 15 is 0 Å². The summed E-state index contributed by atoms with van der Waals surface area (Å²) in [4.78, 5) is 4.01. The van der Waals surface area contributed by atoms with E-state index in [0.29, 0.717) is 16.9 Å². The second kappa shape index (κ2) is 4.11. The van der Waals surface area contributed by atoms with Gasteiger partial charge in [0.05, 0.1) is 5.69 Å². The van der Waals surface area contributed by atoms with Crippen molar-refractivity contribution in [2.45, 2.75) is 0 Å². The Hall–Kier alpha value is -2.43. The molecule has 5 heteroatoms. The van der Waals surface area contributed by atoms with Crippen LogP contribution < -0.4 is 5.59 Å². The average Bonchev–Trinajstić information content (AvgIpc) is 2.39. The molecule has 0 amide bonds. The van der Waals surface area contributed by atoms with Gasteiger partial charge in [-0.1, -0.05) is 0 Å². The number of phenolic OH excluding ortho intramolecular Hbond substituents is 1. The molecule has 0 spiro atoms. The van der Waals surface area contributed by atoms with Gasteiger partial charge in [-0.2, -0.15) is 10.2 Å². The van der Waals surface area contributed by atoms with Crippen LogP contribution in [-0.2, 0) is 0 Å². The first-order valence-electron chi connectivity index (χ1n) is 5.40. The zero-order valence-electron chi connectivity index (χ0n) is 9.41. The molecule has 0 aliphatic heterocycles. The molecule has 4 nitrogen and oxygen atoms in total. The smallest absolute Gasteiger partial charge is 0.144 e. The summed E-state index contributed by atoms with van der Waals surface area (Å²) >= 11 is 0. The van der Waals surface area contributed by atoms with Gasteiger partial charge in [0.2, 0.25) is 0 Å². The molecule has 0 aliphatic carbocycles. The van der Waals surface area contributed by atoms with E-state index in [1.165, 1.54) is 0 Å². The SMILES string of the molecule is [B]c1ccc(-c2cc3ccncc3cc2O)nn1. The number of hydrogen-bond acceptors (Lipinski definition) is 4. The van der Waals surface area contributed by atoms with E-state index in [1.807, 2.05) is 12.1 Å². The molecule has 2 radical (unpaired) electrons. The van der Waals surface area contributed by atoms with Gasteiger partial charge in [-0.25, -0.2) is 0 Å². The zero-order chi connectivity index (χ0) is 12.5. The fourth-order valence-electron chi connectivity index (χ4n) is 1.82. The Balaban J connectivity index is 2.22. The Kier molecular flexibility index (Phi) is 2.44. The Labute approximate surface area is 105 Å². The van der Waals surface area contributed by atoms with E-state index < -0.39 is 0 Å². The summed E-state index contributed by atoms with van der Waals surface area (Å²) in [6.07, 6.45) is 3.41. The van der Waals surface area contributed by atoms with E-state index in [9.17, 15) is 5.11 Å². The number of aromatic nitrogens is 3. The highest BCUT2D eigenvalue weighted by molar-refractivity contribution is 6.30. The molecule has 18 heavy (non-hydrogen) atoms. The fraction of sp³-hybridized carbons (Fsp3) is 0. The van der Waals surface area contributed by atoms with Crippen molar-refractivity contribution in [2.24, 2.45) is 0 Å². The first-order valence-corrected chi connectivity index (χ1v) is 5.40. The van der Waals surface area contributed by atoms with Crippen LogP contribution in [0.2, 0.25) is 0 Å². The Morgan fingerprint density at radius 1 is 1.00 bits per heavy atom. The largest absolute Gasteiger partial charge is 0.507 e. The van der Waals surface area contributed by atoms with Crippen LogP contribution in [-0.4, -0.2) is 28.1 Å². The maximum Gasteiger partial charge on any atom is 0.144 e. The first-order chi connectivity index (χ1) is 8.74. The van der Waals surface area contributed by atoms with Crippen LogP contribution in [0.15, 0.2) is 42.7 Å². The van der Waals surface area contributed by atoms with Gasteiger partial charge in [0.15, 0.2) is 0 Å². The summed E-state index contributed by atoms with van der Waals surface area (Å²) in [5, 5.41) is 19.6. The van der Waals surface area contributed by atoms with Crippen molar-refractivity contribution in [3.8, 4) is 17.0 Å². The first kappa shape index (κ1) is 10.7. The lowest BCUT2D eigenvalue weighted by Gasteiger charge is -2.06. The molecule has 2 aromatic heterocycles. The lowest BCUT2D eigenvalue weighted by molar-refractivity contribution is 0.478. The molecule has 1 N–H and O–H groups in total. The summed E-state index contributed by atoms with van der Waals surface area (Å²) in [6, 6.07) is 8.77. The third kappa shape index (κ3) is 1.80. The maximum absolute atomic E-state index is 10.0. The highest BCUT2D eigenvalue weighted by atomic mass is 16.3. The van der Waals surface area contributed by atoms with Crippen LogP contribution in [0.4, 0.5) is 0 Å². The van der Waals surface area contributed by atoms with Crippen LogP contribution in [0.1, 0.15) is 0 Å². The number of hydrogen-bond donors (Lipinski definition) is 1. The van der Waals surface area contributed by atoms with Crippen molar-refractivity contribution in [2.75, 3.05) is 0 Å². The monoisotopic (exact) mass is 233 g/mol. The number of pyridine rings is 1. The van der Waals surface area contributed by atoms with Gasteiger partial charge < -0.3 is 5.11 Å². The highest BCUT2D eigenvalue weighted by Crippen LogP contribution is 2.31. The van der Waals surface area contributed by atoms with Gasteiger partial charge in [0.1, 0.15) is 13.6 Å². The molecular weight excluding hydrogens is 225 g/mol. The summed E-state index contributed by atoms with van der Waals surface area (Å²) < 4.78 is 0. The van der Waals surface area contributed by atoms with Gasteiger partial charge in [-0.15, -0.1) is 0 Å². The van der Waals surface area contributed by atoms with Crippen molar-refractivity contribution in [3.63, 3.8) is 0 Å². The topological polar surface area (TPSA) is 58.9 Å². The van der Waals surface area contributed by atoms with Gasteiger partial charge >= 0.3 is 0 Å². The van der Waals surface area contributed by atoms with Crippen LogP contribution in [0.25, 0.3) is 22.0 Å². The van der Waals surface area contributed by atoms with E-state index in [-0.39, 0.29) is 5.75 Å². The van der Waals surface area contributed by atoms with Crippen LogP contribution in [0.5, 0.6) is 5.75 Å². The van der Waals surface area contributed by atoms with Crippen molar-refractivity contribution >= 4 is 24.2 Å². The number of aromatic hydroxyl groups is 1. The van der Waals surface area contributed by atoms with Crippen LogP contribution in [0, 0.1) is 0 Å². The Bertz CT molecular complexity index is 713. The summed E-state index contributed by atoms with van der Waals surface area (Å²) in [6.45, 7) is 0. The Morgan fingerprint density at radius 2 is 1.89 bits per heavy atom. The molecule has 3 rings (SSSR count). The highest BCUT2D eigenvalue weighted by Gasteiger charge is 2.08. The maximum atomic E-state index is 10.0. The van der Waals surface area contributed by atoms with E-state index in [0.717, 1.165) is 10.8 Å². The Morgan fingerprint density at radius 3 is 2.67 bits per heavy atom. The minimum atomic E-state index is 0.148. The minimum Gasteiger partial charge on any atom is -0.507 e. The van der Waals surface area contributed by atoms with E-state index in [1.54, 1.807) is 30.6 Å². The standard InChI is InChI=1S/C13H8BN3O/c14-13-2-1-11(16-17-13)10-5-8-3-4-15-7-9(8)6-12(10)18/h1-7,18H. The second-order valence-electron chi connectivity index (χ2n) is 3.94. The predicted octanol–water partition coefficient (Wildman–Crippen LogP) is 1.19. The van der Waals surface area contributed by atoms with Crippen LogP contribution in [0.3, 0.4) is 0 Å². The number of fused-ring (bicyclic) bond motifs is 1. The molecule has 2 heterocycles. The molecule has 0 saturated carbocycles. The molecule has 0 fully saturated rings. The lowest BCUT2D eigenvalue weighted by atomic mass is 10.0. The van der Waals surface area contributed by atoms with Gasteiger partial charge in [-0.3, -0.25) is 4.98 Å². The normalized spacial score (nSPS) is 10.7. The number of nitrogens with zero attached hydrogens (tertiary/aromatic N) is 3. The summed E-state index contributed by atoms with van der Waals surface area (Å²) in [7, 11) is 5.49. The molecule has 3 aromatic rings. The van der Waals surface area contributed by atoms with Crippen molar-refractivity contribution in [3.05, 3.63) is 42.7 Å². The molecule has 0 saturated heterocycles. The lowest BCUT2D eigenvalue weighted by Crippen LogP contribution is -2.09. The van der Waals surface area contributed by atoms with Crippen molar-refractivity contribution in [1.29, 1.82) is 0 Å². The second-order valence-corrected chi connectivity index (χ2v) is 3.94. The van der Waals surface area contributed by atoms with Gasteiger partial charge in [0, 0.05) is 28.9 Å². The molecule has 1 aromatic carbocycles. The molecule has 0 atom stereocenters. The van der Waals surface area contributed by atoms with E-state index in [2.05, 4.69) is 15.2 Å². The molecule has 84 valence electrons. The summed E-state index contributed by atoms with van der Waals surface area (Å²) in [5.41, 5.74) is 1.56. The third-order valence-corrected chi connectivity index (χ3v) is 2.72. The van der Waals surface area contributed by atoms with E-state index in [4.69, 9.17) is 7.85 Å². The number of phenols is 1. The molecule has 0 aliphatic rings. The third-order valence-electron chi connectivity index (χ3n) is 2.72. The van der Waals surface area contributed by atoms with Gasteiger partial charge in [-0.05, 0) is 35.7 Å². The number of benzene rings is 1. The van der Waals surface area contributed by atoms with Crippen molar-refractivity contribution in [1.82, 2.24) is 15.2 Å². The average molecular weight is 233 g/mol.